The zero-order valence-electron chi connectivity index (χ0n) is 6.43. The van der Waals surface area contributed by atoms with Crippen molar-refractivity contribution < 1.29 is 39.5 Å². The minimum absolute atomic E-state index is 3.86. The van der Waals surface area contributed by atoms with E-state index in [9.17, 15) is 39.5 Å². The summed E-state index contributed by atoms with van der Waals surface area (Å²) in [5.74, 6) is -6.08. The van der Waals surface area contributed by atoms with Crippen LogP contribution in [0.5, 0.6) is 0 Å². The van der Waals surface area contributed by atoms with Crippen molar-refractivity contribution in [3.8, 4) is 0 Å². The van der Waals surface area contributed by atoms with Crippen LogP contribution in [0.25, 0.3) is 0 Å². The smallest absolute Gasteiger partial charge is 0.230 e. The first-order valence-corrected chi connectivity index (χ1v) is 3.47. The van der Waals surface area contributed by atoms with Crippen LogP contribution in [0.4, 0.5) is 39.5 Å². The Morgan fingerprint density at radius 3 is 1.33 bits per heavy atom. The highest BCUT2D eigenvalue weighted by atomic mass is 35.5. The molecule has 10 heteroatoms. The summed E-state index contributed by atoms with van der Waals surface area (Å²) in [5.41, 5.74) is 0. The van der Waals surface area contributed by atoms with Crippen molar-refractivity contribution in [3.63, 3.8) is 0 Å². The molecule has 0 nitrogen and oxygen atoms in total. The predicted octanol–water partition coefficient (Wildman–Crippen LogP) is 3.69. The Kier molecular flexibility index (Phi) is 3.82. The highest BCUT2D eigenvalue weighted by molar-refractivity contribution is 6.23. The largest absolute Gasteiger partial charge is 0.425 e. The monoisotopic (exact) mass is 268 g/mol. The number of hydrogen-bond acceptors (Lipinski definition) is 0. The van der Waals surface area contributed by atoms with Gasteiger partial charge in [-0.05, 0) is 0 Å². The van der Waals surface area contributed by atoms with Crippen molar-refractivity contribution in [2.24, 2.45) is 0 Å². The average molecular weight is 269 g/mol. The molecule has 0 aromatic carbocycles. The second kappa shape index (κ2) is 3.91. The van der Waals surface area contributed by atoms with Crippen LogP contribution in [0.15, 0.2) is 0 Å². The highest BCUT2D eigenvalue weighted by Gasteiger charge is 2.71. The van der Waals surface area contributed by atoms with Crippen LogP contribution < -0.4 is 0 Å². The van der Waals surface area contributed by atoms with Gasteiger partial charge < -0.3 is 0 Å². The number of hydrogen-bond donors (Lipinski definition) is 0. The summed E-state index contributed by atoms with van der Waals surface area (Å²) in [5, 5.41) is -5.41. The van der Waals surface area contributed by atoms with Crippen LogP contribution in [0, 0.1) is 0 Å². The summed E-state index contributed by atoms with van der Waals surface area (Å²) in [6.45, 7) is 0. The molecule has 0 saturated carbocycles. The van der Waals surface area contributed by atoms with E-state index in [1.165, 1.54) is 0 Å². The van der Waals surface area contributed by atoms with Gasteiger partial charge in [-0.2, -0.15) is 22.0 Å². The van der Waals surface area contributed by atoms with Gasteiger partial charge in [-0.3, -0.25) is 0 Å². The molecule has 0 aromatic heterocycles. The van der Waals surface area contributed by atoms with Crippen molar-refractivity contribution >= 4 is 11.6 Å². The van der Waals surface area contributed by atoms with Gasteiger partial charge in [0.15, 0.2) is 0 Å². The van der Waals surface area contributed by atoms with Gasteiger partial charge >= 0.3 is 17.2 Å². The summed E-state index contributed by atoms with van der Waals surface area (Å²) in [6, 6.07) is 0. The molecule has 0 saturated heterocycles. The van der Waals surface area contributed by atoms with E-state index in [4.69, 9.17) is 0 Å². The van der Waals surface area contributed by atoms with E-state index in [-0.39, 0.29) is 0 Å². The third-order valence-corrected chi connectivity index (χ3v) is 1.74. The van der Waals surface area contributed by atoms with Crippen molar-refractivity contribution in [3.05, 3.63) is 0 Å². The van der Waals surface area contributed by atoms with Crippen LogP contribution in [-0.2, 0) is 0 Å². The molecular formula is C5H2ClF9. The van der Waals surface area contributed by atoms with Crippen molar-refractivity contribution in [2.45, 2.75) is 29.8 Å². The Bertz CT molecular complexity index is 219. The molecule has 2 atom stereocenters. The van der Waals surface area contributed by atoms with E-state index in [2.05, 4.69) is 11.6 Å². The van der Waals surface area contributed by atoms with Crippen molar-refractivity contribution in [2.75, 3.05) is 0 Å². The van der Waals surface area contributed by atoms with Gasteiger partial charge in [0, 0.05) is 0 Å². The lowest BCUT2D eigenvalue weighted by molar-refractivity contribution is -0.278. The minimum Gasteiger partial charge on any atom is -0.230 e. The van der Waals surface area contributed by atoms with Gasteiger partial charge in [0.1, 0.15) is 0 Å². The highest BCUT2D eigenvalue weighted by Crippen LogP contribution is 2.48. The molecule has 0 spiro atoms. The Morgan fingerprint density at radius 1 is 0.800 bits per heavy atom. The van der Waals surface area contributed by atoms with Gasteiger partial charge in [0.25, 0.3) is 12.6 Å². The maximum atomic E-state index is 12.3. The second-order valence-corrected chi connectivity index (χ2v) is 3.00. The minimum atomic E-state index is -6.19. The lowest BCUT2D eigenvalue weighted by Gasteiger charge is -2.30. The Hall–Kier alpha value is -0.340. The molecule has 0 aliphatic heterocycles. The summed E-state index contributed by atoms with van der Waals surface area (Å²) >= 11 is 3.86. The number of rotatable bonds is 3. The molecule has 0 radical (unpaired) electrons. The molecule has 0 aromatic rings. The van der Waals surface area contributed by atoms with Crippen molar-refractivity contribution in [1.82, 2.24) is 0 Å². The van der Waals surface area contributed by atoms with E-state index in [1.54, 1.807) is 0 Å². The first-order chi connectivity index (χ1) is 6.35. The topological polar surface area (TPSA) is 0 Å². The first kappa shape index (κ1) is 14.7. The van der Waals surface area contributed by atoms with Crippen LogP contribution in [-0.4, -0.2) is 29.8 Å². The zero-order chi connectivity index (χ0) is 12.7. The summed E-state index contributed by atoms with van der Waals surface area (Å²) < 4.78 is 106. The quantitative estimate of drug-likeness (QED) is 0.541. The molecule has 92 valence electrons. The fraction of sp³-hybridized carbons (Fsp3) is 1.00. The van der Waals surface area contributed by atoms with E-state index in [0.717, 1.165) is 0 Å². The van der Waals surface area contributed by atoms with Crippen molar-refractivity contribution in [1.29, 1.82) is 0 Å². The molecule has 2 unspecified atom stereocenters. The van der Waals surface area contributed by atoms with Crippen LogP contribution >= 0.6 is 11.6 Å². The summed E-state index contributed by atoms with van der Waals surface area (Å²) in [4.78, 5) is 0. The Balaban J connectivity index is 5.14. The van der Waals surface area contributed by atoms with Crippen LogP contribution in [0.2, 0.25) is 0 Å². The molecular weight excluding hydrogens is 266 g/mol. The fourth-order valence-electron chi connectivity index (χ4n) is 0.520. The standard InChI is InChI=1S/C5H2ClF9/c6-3(10,2(8)9)4(11,12)1(7)5(13,14)15/h1-2H. The third kappa shape index (κ3) is 2.61. The van der Waals surface area contributed by atoms with Gasteiger partial charge in [0.05, 0.1) is 0 Å². The Morgan fingerprint density at radius 2 is 1.13 bits per heavy atom. The maximum Gasteiger partial charge on any atom is 0.425 e. The van der Waals surface area contributed by atoms with Gasteiger partial charge in [-0.15, -0.1) is 0 Å². The summed E-state index contributed by atoms with van der Waals surface area (Å²) in [6.07, 6.45) is -16.0. The molecule has 0 amide bonds. The van der Waals surface area contributed by atoms with E-state index >= 15 is 0 Å². The van der Waals surface area contributed by atoms with Gasteiger partial charge in [-0.25, -0.2) is 17.6 Å². The molecule has 0 heterocycles. The molecule has 15 heavy (non-hydrogen) atoms. The molecule has 0 bridgehead atoms. The third-order valence-electron chi connectivity index (χ3n) is 1.32. The second-order valence-electron chi connectivity index (χ2n) is 2.45. The van der Waals surface area contributed by atoms with E-state index in [1.807, 2.05) is 0 Å². The van der Waals surface area contributed by atoms with E-state index < -0.39 is 29.8 Å². The SMILES string of the molecule is FC(C(F)(F)F)C(F)(F)C(F)(Cl)C(F)F. The lowest BCUT2D eigenvalue weighted by atomic mass is 10.1. The average Bonchev–Trinajstić information content (AvgIpc) is 2.00. The lowest BCUT2D eigenvalue weighted by Crippen LogP contribution is -2.56. The zero-order valence-corrected chi connectivity index (χ0v) is 7.19. The number of halogens is 10. The molecule has 0 rings (SSSR count). The van der Waals surface area contributed by atoms with Crippen LogP contribution in [0.3, 0.4) is 0 Å². The molecule has 0 fully saturated rings. The van der Waals surface area contributed by atoms with E-state index in [0.29, 0.717) is 0 Å². The van der Waals surface area contributed by atoms with Gasteiger partial charge in [-0.1, -0.05) is 11.6 Å². The predicted molar refractivity (Wildman–Crippen MR) is 31.6 cm³/mol. The fourth-order valence-corrected chi connectivity index (χ4v) is 0.616. The normalized spacial score (nSPS) is 20.2. The first-order valence-electron chi connectivity index (χ1n) is 3.09. The maximum absolute atomic E-state index is 12.3. The van der Waals surface area contributed by atoms with Gasteiger partial charge in [0.2, 0.25) is 0 Å². The summed E-state index contributed by atoms with van der Waals surface area (Å²) in [7, 11) is 0. The number of alkyl halides is 10. The van der Waals surface area contributed by atoms with Crippen LogP contribution in [0.1, 0.15) is 0 Å². The molecule has 0 N–H and O–H groups in total. The molecule has 0 aliphatic rings. The Labute approximate surface area is 82.0 Å². The molecule has 0 aliphatic carbocycles.